The van der Waals surface area contributed by atoms with Gasteiger partial charge in [-0.05, 0) is 46.0 Å². The van der Waals surface area contributed by atoms with Gasteiger partial charge in [-0.1, -0.05) is 6.92 Å². The Labute approximate surface area is 147 Å². The van der Waals surface area contributed by atoms with Gasteiger partial charge in [-0.2, -0.15) is 0 Å². The lowest BCUT2D eigenvalue weighted by molar-refractivity contribution is 0.0930. The minimum absolute atomic E-state index is 0.134. The summed E-state index contributed by atoms with van der Waals surface area (Å²) >= 11 is 0. The van der Waals surface area contributed by atoms with Gasteiger partial charge in [0.15, 0.2) is 0 Å². The molecule has 25 heavy (non-hydrogen) atoms. The number of carbonyl (C=O) groups excluding carboxylic acids is 1. The summed E-state index contributed by atoms with van der Waals surface area (Å²) in [6.45, 7) is 7.60. The van der Waals surface area contributed by atoms with Crippen LogP contribution in [0.1, 0.15) is 65.5 Å². The van der Waals surface area contributed by atoms with Gasteiger partial charge in [0, 0.05) is 18.9 Å². The van der Waals surface area contributed by atoms with Gasteiger partial charge in [-0.3, -0.25) is 9.78 Å². The Bertz CT molecular complexity index is 771. The van der Waals surface area contributed by atoms with E-state index in [0.29, 0.717) is 29.1 Å². The summed E-state index contributed by atoms with van der Waals surface area (Å²) in [5, 5.41) is 11.2. The fourth-order valence-corrected chi connectivity index (χ4v) is 3.34. The molecule has 1 saturated carbocycles. The third-order valence-electron chi connectivity index (χ3n) is 4.85. The van der Waals surface area contributed by atoms with E-state index in [1.165, 1.54) is 0 Å². The maximum absolute atomic E-state index is 12.5. The highest BCUT2D eigenvalue weighted by atomic mass is 16.4. The van der Waals surface area contributed by atoms with Crippen LogP contribution < -0.4 is 5.32 Å². The molecule has 2 aromatic heterocycles. The van der Waals surface area contributed by atoms with E-state index >= 15 is 0 Å². The first kappa shape index (κ1) is 17.5. The molecule has 134 valence electrons. The van der Waals surface area contributed by atoms with Gasteiger partial charge in [0.25, 0.3) is 5.91 Å². The molecule has 0 bridgehead atoms. The van der Waals surface area contributed by atoms with Crippen molar-refractivity contribution >= 4 is 5.91 Å². The number of hydrogen-bond donors (Lipinski definition) is 1. The van der Waals surface area contributed by atoms with Crippen LogP contribution in [0.15, 0.2) is 4.42 Å². The van der Waals surface area contributed by atoms with Crippen molar-refractivity contribution in [3.8, 4) is 0 Å². The first-order valence-electron chi connectivity index (χ1n) is 8.90. The van der Waals surface area contributed by atoms with Crippen LogP contribution in [0, 0.1) is 26.7 Å². The Morgan fingerprint density at radius 2 is 1.80 bits per heavy atom. The molecule has 1 aliphatic rings. The SMILES string of the molecule is CCc1nnc(C[C@@H]2CC[C@H](NC(=O)c3nc(C)c(C)nc3C)C2)o1. The van der Waals surface area contributed by atoms with Gasteiger partial charge in [-0.25, -0.2) is 4.98 Å². The number of hydrogen-bond acceptors (Lipinski definition) is 6. The van der Waals surface area contributed by atoms with Crippen LogP contribution in [-0.4, -0.2) is 32.1 Å². The molecule has 1 N–H and O–H groups in total. The monoisotopic (exact) mass is 343 g/mol. The van der Waals surface area contributed by atoms with Crippen LogP contribution in [0.4, 0.5) is 0 Å². The molecule has 0 radical (unpaired) electrons. The second-order valence-electron chi connectivity index (χ2n) is 6.83. The predicted octanol–water partition coefficient (Wildman–Crippen LogP) is 2.49. The molecule has 0 aromatic carbocycles. The molecular formula is C18H25N5O2. The van der Waals surface area contributed by atoms with Crippen LogP contribution in [0.5, 0.6) is 0 Å². The van der Waals surface area contributed by atoms with Gasteiger partial charge in [0.1, 0.15) is 5.69 Å². The second-order valence-corrected chi connectivity index (χ2v) is 6.83. The topological polar surface area (TPSA) is 93.8 Å². The lowest BCUT2D eigenvalue weighted by Crippen LogP contribution is -2.34. The van der Waals surface area contributed by atoms with Crippen LogP contribution in [0.25, 0.3) is 0 Å². The van der Waals surface area contributed by atoms with Crippen LogP contribution >= 0.6 is 0 Å². The molecule has 0 spiro atoms. The van der Waals surface area contributed by atoms with Crippen molar-refractivity contribution in [2.24, 2.45) is 5.92 Å². The fourth-order valence-electron chi connectivity index (χ4n) is 3.34. The first-order valence-corrected chi connectivity index (χ1v) is 8.90. The summed E-state index contributed by atoms with van der Waals surface area (Å²) in [4.78, 5) is 21.3. The number of rotatable bonds is 5. The fraction of sp³-hybridized carbons (Fsp3) is 0.611. The Hall–Kier alpha value is -2.31. The van der Waals surface area contributed by atoms with Crippen LogP contribution in [0.2, 0.25) is 0 Å². The maximum atomic E-state index is 12.5. The largest absolute Gasteiger partial charge is 0.425 e. The van der Waals surface area contributed by atoms with Crippen molar-refractivity contribution in [2.75, 3.05) is 0 Å². The second kappa shape index (κ2) is 7.29. The molecule has 7 nitrogen and oxygen atoms in total. The normalized spacial score (nSPS) is 20.0. The Morgan fingerprint density at radius 3 is 2.52 bits per heavy atom. The van der Waals surface area contributed by atoms with Crippen molar-refractivity contribution in [1.82, 2.24) is 25.5 Å². The average molecular weight is 343 g/mol. The minimum atomic E-state index is -0.134. The zero-order valence-electron chi connectivity index (χ0n) is 15.3. The minimum Gasteiger partial charge on any atom is -0.425 e. The van der Waals surface area contributed by atoms with E-state index in [1.807, 2.05) is 27.7 Å². The summed E-state index contributed by atoms with van der Waals surface area (Å²) in [5.41, 5.74) is 2.76. The van der Waals surface area contributed by atoms with Gasteiger partial charge < -0.3 is 9.73 Å². The molecule has 1 fully saturated rings. The van der Waals surface area contributed by atoms with E-state index < -0.39 is 0 Å². The number of aryl methyl sites for hydroxylation is 4. The van der Waals surface area contributed by atoms with Crippen LogP contribution in [-0.2, 0) is 12.8 Å². The number of amides is 1. The van der Waals surface area contributed by atoms with Crippen molar-refractivity contribution in [3.05, 3.63) is 34.6 Å². The summed E-state index contributed by atoms with van der Waals surface area (Å²) < 4.78 is 5.59. The van der Waals surface area contributed by atoms with Crippen LogP contribution in [0.3, 0.4) is 0 Å². The number of nitrogens with zero attached hydrogens (tertiary/aromatic N) is 4. The van der Waals surface area contributed by atoms with E-state index in [0.717, 1.165) is 43.5 Å². The highest BCUT2D eigenvalue weighted by molar-refractivity contribution is 5.93. The lowest BCUT2D eigenvalue weighted by Gasteiger charge is -2.14. The number of nitrogens with one attached hydrogen (secondary N) is 1. The molecule has 2 heterocycles. The van der Waals surface area contributed by atoms with Gasteiger partial charge in [0.05, 0.1) is 17.1 Å². The molecule has 1 aliphatic carbocycles. The van der Waals surface area contributed by atoms with Gasteiger partial charge in [0.2, 0.25) is 11.8 Å². The molecule has 2 aromatic rings. The first-order chi connectivity index (χ1) is 12.0. The van der Waals surface area contributed by atoms with E-state index in [1.54, 1.807) is 0 Å². The maximum Gasteiger partial charge on any atom is 0.271 e. The lowest BCUT2D eigenvalue weighted by atomic mass is 10.0. The van der Waals surface area contributed by atoms with Gasteiger partial charge >= 0.3 is 0 Å². The molecule has 0 aliphatic heterocycles. The molecule has 3 rings (SSSR count). The molecular weight excluding hydrogens is 318 g/mol. The molecule has 1 amide bonds. The van der Waals surface area contributed by atoms with Crippen molar-refractivity contribution in [3.63, 3.8) is 0 Å². The zero-order valence-corrected chi connectivity index (χ0v) is 15.3. The summed E-state index contributed by atoms with van der Waals surface area (Å²) in [6.07, 6.45) is 4.47. The summed E-state index contributed by atoms with van der Waals surface area (Å²) in [5.74, 6) is 1.71. The van der Waals surface area contributed by atoms with E-state index in [4.69, 9.17) is 4.42 Å². The van der Waals surface area contributed by atoms with Crippen molar-refractivity contribution in [1.29, 1.82) is 0 Å². The quantitative estimate of drug-likeness (QED) is 0.896. The number of carbonyl (C=O) groups is 1. The highest BCUT2D eigenvalue weighted by Crippen LogP contribution is 2.28. The third kappa shape index (κ3) is 4.03. The summed E-state index contributed by atoms with van der Waals surface area (Å²) in [7, 11) is 0. The third-order valence-corrected chi connectivity index (χ3v) is 4.85. The number of aromatic nitrogens is 4. The van der Waals surface area contributed by atoms with Crippen molar-refractivity contribution in [2.45, 2.75) is 65.8 Å². The Balaban J connectivity index is 1.57. The van der Waals surface area contributed by atoms with E-state index in [2.05, 4.69) is 25.5 Å². The molecule has 2 atom stereocenters. The van der Waals surface area contributed by atoms with Crippen molar-refractivity contribution < 1.29 is 9.21 Å². The average Bonchev–Trinajstić information content (AvgIpc) is 3.20. The van der Waals surface area contributed by atoms with Gasteiger partial charge in [-0.15, -0.1) is 10.2 Å². The molecule has 0 saturated heterocycles. The zero-order chi connectivity index (χ0) is 18.0. The standard InChI is InChI=1S/C18H25N5O2/c1-5-15-22-23-16(25-15)9-13-6-7-14(8-13)21-18(24)17-12(4)19-10(2)11(3)20-17/h13-14H,5-9H2,1-4H3,(H,21,24)/t13-,14+/m1/s1. The Morgan fingerprint density at radius 1 is 1.08 bits per heavy atom. The highest BCUT2D eigenvalue weighted by Gasteiger charge is 2.28. The molecule has 0 unspecified atom stereocenters. The smallest absolute Gasteiger partial charge is 0.271 e. The Kier molecular flexibility index (Phi) is 5.11. The van der Waals surface area contributed by atoms with E-state index in [-0.39, 0.29) is 11.9 Å². The summed E-state index contributed by atoms with van der Waals surface area (Å²) in [6, 6.07) is 0.161. The predicted molar refractivity (Wildman–Crippen MR) is 92.2 cm³/mol. The van der Waals surface area contributed by atoms with E-state index in [9.17, 15) is 4.79 Å². The molecule has 7 heteroatoms.